The minimum Gasteiger partial charge on any atom is -0.480 e. The first-order chi connectivity index (χ1) is 14.0. The van der Waals surface area contributed by atoms with Crippen molar-refractivity contribution in [2.24, 2.45) is 0 Å². The van der Waals surface area contributed by atoms with E-state index in [9.17, 15) is 9.59 Å². The first-order valence-electron chi connectivity index (χ1n) is 9.73. The molecule has 0 radical (unpaired) electrons. The van der Waals surface area contributed by atoms with Crippen LogP contribution in [0.2, 0.25) is 0 Å². The van der Waals surface area contributed by atoms with E-state index in [0.717, 1.165) is 11.1 Å². The van der Waals surface area contributed by atoms with Crippen molar-refractivity contribution in [2.75, 3.05) is 5.32 Å². The summed E-state index contributed by atoms with van der Waals surface area (Å²) in [5.74, 6) is 0.275. The van der Waals surface area contributed by atoms with Gasteiger partial charge in [0.05, 0.1) is 5.69 Å². The Hall–Kier alpha value is -3.40. The molecule has 3 aromatic rings. The van der Waals surface area contributed by atoms with E-state index in [1.54, 1.807) is 36.4 Å². The summed E-state index contributed by atoms with van der Waals surface area (Å²) in [6.07, 6.45) is -0.148. The van der Waals surface area contributed by atoms with Crippen molar-refractivity contribution in [3.05, 3.63) is 95.1 Å². The highest BCUT2D eigenvalue weighted by Crippen LogP contribution is 2.23. The Morgan fingerprint density at radius 1 is 0.931 bits per heavy atom. The van der Waals surface area contributed by atoms with Crippen LogP contribution < -0.4 is 10.1 Å². The highest BCUT2D eigenvalue weighted by Gasteiger charge is 2.22. The second-order valence-corrected chi connectivity index (χ2v) is 7.01. The van der Waals surface area contributed by atoms with Crippen LogP contribution in [0.25, 0.3) is 0 Å². The standard InChI is InChI=1S/C25H25NO3/c1-4-22(29-23-15-14-17(2)16-18(23)3)25(28)26-21-13-9-8-12-20(21)24(27)19-10-6-5-7-11-19/h5-16,22H,4H2,1-3H3,(H,26,28). The van der Waals surface area contributed by atoms with Crippen molar-refractivity contribution >= 4 is 17.4 Å². The number of ether oxygens (including phenoxy) is 1. The van der Waals surface area contributed by atoms with Gasteiger partial charge in [-0.05, 0) is 44.0 Å². The van der Waals surface area contributed by atoms with Gasteiger partial charge in [0, 0.05) is 11.1 Å². The Morgan fingerprint density at radius 2 is 1.62 bits per heavy atom. The van der Waals surface area contributed by atoms with Crippen LogP contribution >= 0.6 is 0 Å². The normalized spacial score (nSPS) is 11.6. The van der Waals surface area contributed by atoms with Gasteiger partial charge in [-0.3, -0.25) is 9.59 Å². The van der Waals surface area contributed by atoms with E-state index in [1.165, 1.54) is 0 Å². The van der Waals surface area contributed by atoms with Gasteiger partial charge in [0.2, 0.25) is 0 Å². The number of hydrogen-bond acceptors (Lipinski definition) is 3. The third kappa shape index (κ3) is 4.91. The second kappa shape index (κ2) is 9.20. The molecule has 0 bridgehead atoms. The number of carbonyl (C=O) groups excluding carboxylic acids is 2. The molecule has 0 fully saturated rings. The number of amides is 1. The summed E-state index contributed by atoms with van der Waals surface area (Å²) in [5, 5.41) is 2.88. The summed E-state index contributed by atoms with van der Waals surface area (Å²) >= 11 is 0. The molecule has 29 heavy (non-hydrogen) atoms. The number of hydrogen-bond donors (Lipinski definition) is 1. The predicted octanol–water partition coefficient (Wildman–Crippen LogP) is 5.33. The zero-order chi connectivity index (χ0) is 20.8. The molecule has 4 nitrogen and oxygen atoms in total. The summed E-state index contributed by atoms with van der Waals surface area (Å²) in [5.41, 5.74) is 3.63. The molecule has 1 unspecified atom stereocenters. The molecule has 0 saturated carbocycles. The van der Waals surface area contributed by atoms with E-state index in [4.69, 9.17) is 4.74 Å². The van der Waals surface area contributed by atoms with Gasteiger partial charge in [0.25, 0.3) is 5.91 Å². The molecule has 0 aromatic heterocycles. The minimum atomic E-state index is -0.656. The highest BCUT2D eigenvalue weighted by atomic mass is 16.5. The number of ketones is 1. The van der Waals surface area contributed by atoms with Crippen LogP contribution in [-0.2, 0) is 4.79 Å². The third-order valence-corrected chi connectivity index (χ3v) is 4.73. The van der Waals surface area contributed by atoms with Gasteiger partial charge in [-0.15, -0.1) is 0 Å². The number of carbonyl (C=O) groups is 2. The Bertz CT molecular complexity index is 1010. The molecule has 0 heterocycles. The SMILES string of the molecule is CCC(Oc1ccc(C)cc1C)C(=O)Nc1ccccc1C(=O)c1ccccc1. The molecule has 4 heteroatoms. The van der Waals surface area contributed by atoms with Crippen LogP contribution in [0.3, 0.4) is 0 Å². The molecule has 0 aliphatic heterocycles. The zero-order valence-electron chi connectivity index (χ0n) is 16.9. The lowest BCUT2D eigenvalue weighted by Crippen LogP contribution is -2.33. The third-order valence-electron chi connectivity index (χ3n) is 4.73. The molecule has 0 aliphatic carbocycles. The van der Waals surface area contributed by atoms with Gasteiger partial charge in [-0.1, -0.05) is 67.1 Å². The molecule has 1 amide bonds. The first-order valence-corrected chi connectivity index (χ1v) is 9.73. The summed E-state index contributed by atoms with van der Waals surface area (Å²) in [4.78, 5) is 25.8. The van der Waals surface area contributed by atoms with Gasteiger partial charge in [-0.2, -0.15) is 0 Å². The summed E-state index contributed by atoms with van der Waals surface area (Å²) in [6, 6.07) is 21.9. The van der Waals surface area contributed by atoms with E-state index in [1.807, 2.05) is 57.2 Å². The maximum absolute atomic E-state index is 12.9. The first kappa shape index (κ1) is 20.3. The molecule has 0 saturated heterocycles. The molecule has 0 aliphatic rings. The fourth-order valence-corrected chi connectivity index (χ4v) is 3.16. The van der Waals surface area contributed by atoms with Crippen LogP contribution in [0.4, 0.5) is 5.69 Å². The number of para-hydroxylation sites is 1. The van der Waals surface area contributed by atoms with Gasteiger partial charge in [0.15, 0.2) is 11.9 Å². The number of anilines is 1. The van der Waals surface area contributed by atoms with Crippen molar-refractivity contribution in [2.45, 2.75) is 33.3 Å². The average molecular weight is 387 g/mol. The Morgan fingerprint density at radius 3 is 2.31 bits per heavy atom. The maximum atomic E-state index is 12.9. The maximum Gasteiger partial charge on any atom is 0.265 e. The number of benzene rings is 3. The van der Waals surface area contributed by atoms with Gasteiger partial charge >= 0.3 is 0 Å². The van der Waals surface area contributed by atoms with Gasteiger partial charge < -0.3 is 10.1 Å². The number of rotatable bonds is 7. The fourth-order valence-electron chi connectivity index (χ4n) is 3.16. The molecule has 148 valence electrons. The largest absolute Gasteiger partial charge is 0.480 e. The average Bonchev–Trinajstić information content (AvgIpc) is 2.73. The molecular weight excluding hydrogens is 362 g/mol. The monoisotopic (exact) mass is 387 g/mol. The van der Waals surface area contributed by atoms with E-state index in [2.05, 4.69) is 5.32 Å². The lowest BCUT2D eigenvalue weighted by molar-refractivity contribution is -0.122. The van der Waals surface area contributed by atoms with Crippen molar-refractivity contribution in [1.29, 1.82) is 0 Å². The van der Waals surface area contributed by atoms with E-state index in [-0.39, 0.29) is 11.7 Å². The minimum absolute atomic E-state index is 0.134. The molecule has 1 atom stereocenters. The highest BCUT2D eigenvalue weighted by molar-refractivity contribution is 6.14. The molecule has 3 aromatic carbocycles. The molecular formula is C25H25NO3. The van der Waals surface area contributed by atoms with Crippen LogP contribution in [0, 0.1) is 13.8 Å². The van der Waals surface area contributed by atoms with Crippen LogP contribution in [0.1, 0.15) is 40.4 Å². The fraction of sp³-hybridized carbons (Fsp3) is 0.200. The van der Waals surface area contributed by atoms with Crippen LogP contribution in [0.5, 0.6) is 5.75 Å². The smallest absolute Gasteiger partial charge is 0.265 e. The van der Waals surface area contributed by atoms with Gasteiger partial charge in [0.1, 0.15) is 5.75 Å². The topological polar surface area (TPSA) is 55.4 Å². The Labute approximate surface area is 171 Å². The van der Waals surface area contributed by atoms with E-state index >= 15 is 0 Å². The Balaban J connectivity index is 1.80. The zero-order valence-corrected chi connectivity index (χ0v) is 16.9. The van der Waals surface area contributed by atoms with Gasteiger partial charge in [-0.25, -0.2) is 0 Å². The van der Waals surface area contributed by atoms with Crippen molar-refractivity contribution in [1.82, 2.24) is 0 Å². The quantitative estimate of drug-likeness (QED) is 0.558. The van der Waals surface area contributed by atoms with E-state index < -0.39 is 6.10 Å². The van der Waals surface area contributed by atoms with Crippen LogP contribution in [0.15, 0.2) is 72.8 Å². The second-order valence-electron chi connectivity index (χ2n) is 7.01. The van der Waals surface area contributed by atoms with Crippen molar-refractivity contribution < 1.29 is 14.3 Å². The van der Waals surface area contributed by atoms with Crippen molar-refractivity contribution in [3.8, 4) is 5.75 Å². The molecule has 0 spiro atoms. The van der Waals surface area contributed by atoms with E-state index in [0.29, 0.717) is 29.0 Å². The Kier molecular flexibility index (Phi) is 6.45. The summed E-state index contributed by atoms with van der Waals surface area (Å²) < 4.78 is 5.97. The lowest BCUT2D eigenvalue weighted by atomic mass is 10.0. The number of aryl methyl sites for hydroxylation is 2. The summed E-state index contributed by atoms with van der Waals surface area (Å²) in [7, 11) is 0. The predicted molar refractivity (Wildman–Crippen MR) is 116 cm³/mol. The number of nitrogens with one attached hydrogen (secondary N) is 1. The molecule has 3 rings (SSSR count). The lowest BCUT2D eigenvalue weighted by Gasteiger charge is -2.19. The van der Waals surface area contributed by atoms with Crippen LogP contribution in [-0.4, -0.2) is 17.8 Å². The summed E-state index contributed by atoms with van der Waals surface area (Å²) in [6.45, 7) is 5.87. The molecule has 1 N–H and O–H groups in total. The van der Waals surface area contributed by atoms with Crippen molar-refractivity contribution in [3.63, 3.8) is 0 Å².